The summed E-state index contributed by atoms with van der Waals surface area (Å²) in [7, 11) is 0. The van der Waals surface area contributed by atoms with Crippen molar-refractivity contribution in [3.8, 4) is 23.6 Å². The molecule has 5 aromatic rings. The van der Waals surface area contributed by atoms with Crippen LogP contribution in [0.3, 0.4) is 0 Å². The standard InChI is InChI=1S/C31H17F3N4O3/c32-31(33,34)29(40)27-28(39)25-15-14-24(16-26(25)38(30(27)41)21-4-2-1-3-5-21)37(22-10-6-19(17-35)7-11-22)23-12-8-20(18-36)9-13-23/h1-16,39H. The Bertz CT molecular complexity index is 1880. The Morgan fingerprint density at radius 1 is 0.780 bits per heavy atom. The van der Waals surface area contributed by atoms with Crippen molar-refractivity contribution in [2.24, 2.45) is 0 Å². The number of alkyl halides is 3. The van der Waals surface area contributed by atoms with Gasteiger partial charge in [-0.15, -0.1) is 0 Å². The molecule has 0 unspecified atom stereocenters. The van der Waals surface area contributed by atoms with Gasteiger partial charge in [0.25, 0.3) is 11.3 Å². The van der Waals surface area contributed by atoms with Crippen LogP contribution in [0, 0.1) is 22.7 Å². The Morgan fingerprint density at radius 3 is 1.78 bits per heavy atom. The van der Waals surface area contributed by atoms with Gasteiger partial charge in [-0.1, -0.05) is 18.2 Å². The monoisotopic (exact) mass is 550 g/mol. The lowest BCUT2D eigenvalue weighted by molar-refractivity contribution is -0.0887. The van der Waals surface area contributed by atoms with Crippen LogP contribution in [0.25, 0.3) is 16.6 Å². The molecule has 0 bridgehead atoms. The summed E-state index contributed by atoms with van der Waals surface area (Å²) in [6.07, 6.45) is -5.39. The first kappa shape index (κ1) is 26.7. The van der Waals surface area contributed by atoms with Crippen LogP contribution in [-0.2, 0) is 0 Å². The number of ketones is 1. The molecule has 0 aliphatic rings. The van der Waals surface area contributed by atoms with Gasteiger partial charge in [-0.05, 0) is 78.9 Å². The molecule has 4 aromatic carbocycles. The molecule has 10 heteroatoms. The van der Waals surface area contributed by atoms with Crippen LogP contribution < -0.4 is 10.5 Å². The average Bonchev–Trinajstić information content (AvgIpc) is 2.98. The number of hydrogen-bond donors (Lipinski definition) is 1. The van der Waals surface area contributed by atoms with Crippen molar-refractivity contribution in [2.75, 3.05) is 4.90 Å². The summed E-state index contributed by atoms with van der Waals surface area (Å²) >= 11 is 0. The molecule has 0 spiro atoms. The largest absolute Gasteiger partial charge is 0.506 e. The summed E-state index contributed by atoms with van der Waals surface area (Å²) in [4.78, 5) is 27.4. The Balaban J connectivity index is 1.83. The molecule has 1 N–H and O–H groups in total. The lowest BCUT2D eigenvalue weighted by Crippen LogP contribution is -2.33. The fourth-order valence-electron chi connectivity index (χ4n) is 4.50. The molecule has 5 rings (SSSR count). The van der Waals surface area contributed by atoms with E-state index < -0.39 is 28.8 Å². The third kappa shape index (κ3) is 4.86. The van der Waals surface area contributed by atoms with Crippen LogP contribution in [0.15, 0.2) is 102 Å². The third-order valence-electron chi connectivity index (χ3n) is 6.40. The number of rotatable bonds is 5. The Hall–Kier alpha value is -5.87. The van der Waals surface area contributed by atoms with Crippen molar-refractivity contribution in [3.05, 3.63) is 124 Å². The number of halogens is 3. The quantitative estimate of drug-likeness (QED) is 0.245. The van der Waals surface area contributed by atoms with Crippen molar-refractivity contribution in [1.29, 1.82) is 10.5 Å². The second-order valence-corrected chi connectivity index (χ2v) is 8.88. The van der Waals surface area contributed by atoms with Gasteiger partial charge < -0.3 is 10.0 Å². The van der Waals surface area contributed by atoms with E-state index in [2.05, 4.69) is 0 Å². The molecule has 0 fully saturated rings. The van der Waals surface area contributed by atoms with Gasteiger partial charge in [0.15, 0.2) is 0 Å². The first-order valence-corrected chi connectivity index (χ1v) is 12.0. The van der Waals surface area contributed by atoms with E-state index in [-0.39, 0.29) is 16.6 Å². The molecule has 0 amide bonds. The number of carbonyl (C=O) groups excluding carboxylic acids is 1. The first-order chi connectivity index (χ1) is 19.6. The van der Waals surface area contributed by atoms with E-state index in [9.17, 15) is 38.4 Å². The van der Waals surface area contributed by atoms with Crippen LogP contribution in [-0.4, -0.2) is 21.6 Å². The van der Waals surface area contributed by atoms with Crippen molar-refractivity contribution in [3.63, 3.8) is 0 Å². The molecule has 0 saturated heterocycles. The number of aromatic hydroxyl groups is 1. The van der Waals surface area contributed by atoms with Gasteiger partial charge in [0.1, 0.15) is 11.3 Å². The van der Waals surface area contributed by atoms with E-state index in [0.717, 1.165) is 4.57 Å². The molecule has 1 aromatic heterocycles. The minimum absolute atomic E-state index is 0.0437. The third-order valence-corrected chi connectivity index (χ3v) is 6.40. The number of Topliss-reactive ketones (excluding diaryl/α,β-unsaturated/α-hetero) is 1. The highest BCUT2D eigenvalue weighted by Gasteiger charge is 2.43. The molecule has 0 aliphatic carbocycles. The van der Waals surface area contributed by atoms with E-state index in [4.69, 9.17) is 0 Å². The number of pyridine rings is 1. The fraction of sp³-hybridized carbons (Fsp3) is 0.0323. The zero-order chi connectivity index (χ0) is 29.3. The SMILES string of the molecule is N#Cc1ccc(N(c2ccc(C#N)cc2)c2ccc3c(O)c(C(=O)C(F)(F)F)c(=O)n(-c4ccccc4)c3c2)cc1. The van der Waals surface area contributed by atoms with Gasteiger partial charge in [0.05, 0.1) is 28.8 Å². The van der Waals surface area contributed by atoms with Gasteiger partial charge in [0.2, 0.25) is 0 Å². The van der Waals surface area contributed by atoms with Crippen LogP contribution >= 0.6 is 0 Å². The number of nitrogens with zero attached hydrogens (tertiary/aromatic N) is 4. The van der Waals surface area contributed by atoms with Crippen molar-refractivity contribution in [1.82, 2.24) is 4.57 Å². The highest BCUT2D eigenvalue weighted by atomic mass is 19.4. The molecule has 0 aliphatic heterocycles. The molecule has 41 heavy (non-hydrogen) atoms. The zero-order valence-electron chi connectivity index (χ0n) is 20.9. The lowest BCUT2D eigenvalue weighted by Gasteiger charge is -2.26. The van der Waals surface area contributed by atoms with Crippen LogP contribution in [0.2, 0.25) is 0 Å². The Labute approximate surface area is 230 Å². The summed E-state index contributed by atoms with van der Waals surface area (Å²) < 4.78 is 41.2. The van der Waals surface area contributed by atoms with Crippen molar-refractivity contribution in [2.45, 2.75) is 6.18 Å². The van der Waals surface area contributed by atoms with Gasteiger partial charge in [0, 0.05) is 28.1 Å². The van der Waals surface area contributed by atoms with Gasteiger partial charge in [-0.25, -0.2) is 0 Å². The second-order valence-electron chi connectivity index (χ2n) is 8.88. The maximum Gasteiger partial charge on any atom is 0.455 e. The predicted octanol–water partition coefficient (Wildman–Crippen LogP) is 6.65. The summed E-state index contributed by atoms with van der Waals surface area (Å²) in [5, 5.41) is 29.1. The fourth-order valence-corrected chi connectivity index (χ4v) is 4.50. The Kier molecular flexibility index (Phi) is 6.75. The lowest BCUT2D eigenvalue weighted by atomic mass is 10.0. The van der Waals surface area contributed by atoms with E-state index in [0.29, 0.717) is 28.2 Å². The number of anilines is 3. The number of nitriles is 2. The number of benzene rings is 4. The summed E-state index contributed by atoms with van der Waals surface area (Å²) in [5.74, 6) is -3.53. The average molecular weight is 550 g/mol. The summed E-state index contributed by atoms with van der Waals surface area (Å²) in [5.41, 5.74) is -0.0358. The first-order valence-electron chi connectivity index (χ1n) is 12.0. The van der Waals surface area contributed by atoms with E-state index in [1.807, 2.05) is 12.1 Å². The topological polar surface area (TPSA) is 110 Å². The molecule has 0 radical (unpaired) electrons. The molecule has 7 nitrogen and oxygen atoms in total. The second kappa shape index (κ2) is 10.4. The number of carbonyl (C=O) groups is 1. The van der Waals surface area contributed by atoms with Crippen molar-refractivity contribution >= 4 is 33.7 Å². The minimum Gasteiger partial charge on any atom is -0.506 e. The highest BCUT2D eigenvalue weighted by molar-refractivity contribution is 6.07. The van der Waals surface area contributed by atoms with Crippen LogP contribution in [0.5, 0.6) is 5.75 Å². The molecular formula is C31H17F3N4O3. The smallest absolute Gasteiger partial charge is 0.455 e. The van der Waals surface area contributed by atoms with E-state index >= 15 is 0 Å². The Morgan fingerprint density at radius 2 is 1.29 bits per heavy atom. The van der Waals surface area contributed by atoms with Crippen LogP contribution in [0.1, 0.15) is 21.5 Å². The minimum atomic E-state index is -5.39. The highest BCUT2D eigenvalue weighted by Crippen LogP contribution is 2.39. The molecule has 1 heterocycles. The number of para-hydroxylation sites is 1. The molecule has 0 atom stereocenters. The molecule has 200 valence electrons. The zero-order valence-corrected chi connectivity index (χ0v) is 20.9. The van der Waals surface area contributed by atoms with E-state index in [1.165, 1.54) is 30.3 Å². The van der Waals surface area contributed by atoms with Gasteiger partial charge in [-0.2, -0.15) is 23.7 Å². The normalized spacial score (nSPS) is 11.0. The molecular weight excluding hydrogens is 533 g/mol. The van der Waals surface area contributed by atoms with Gasteiger partial charge in [-0.3, -0.25) is 14.2 Å². The molecule has 0 saturated carbocycles. The van der Waals surface area contributed by atoms with Crippen LogP contribution in [0.4, 0.5) is 30.2 Å². The summed E-state index contributed by atoms with van der Waals surface area (Å²) in [6, 6.07) is 29.4. The van der Waals surface area contributed by atoms with Gasteiger partial charge >= 0.3 is 6.18 Å². The summed E-state index contributed by atoms with van der Waals surface area (Å²) in [6.45, 7) is 0. The maximum atomic E-state index is 13.5. The number of aromatic nitrogens is 1. The number of fused-ring (bicyclic) bond motifs is 1. The van der Waals surface area contributed by atoms with E-state index in [1.54, 1.807) is 71.6 Å². The maximum absolute atomic E-state index is 13.5. The predicted molar refractivity (Wildman–Crippen MR) is 146 cm³/mol. The van der Waals surface area contributed by atoms with Crippen molar-refractivity contribution < 1.29 is 23.1 Å². The number of hydrogen-bond acceptors (Lipinski definition) is 6.